The molecule has 2 N–H and O–H groups in total. The number of hydrogen-bond acceptors (Lipinski definition) is 14. The number of anilines is 2. The Morgan fingerprint density at radius 2 is 1.68 bits per heavy atom. The maximum absolute atomic E-state index is 17.4. The van der Waals surface area contributed by atoms with Crippen LogP contribution in [0.4, 0.5) is 20.3 Å². The average molecular weight is 1000 g/mol. The van der Waals surface area contributed by atoms with Crippen molar-refractivity contribution in [2.45, 2.75) is 89.8 Å². The lowest BCUT2D eigenvalue weighted by atomic mass is 9.94. The number of carbonyl (C=O) groups is 3. The number of rotatable bonds is 15. The summed E-state index contributed by atoms with van der Waals surface area (Å²) in [5.41, 5.74) is 2.49. The van der Waals surface area contributed by atoms with E-state index in [1.807, 2.05) is 24.0 Å². The highest BCUT2D eigenvalue weighted by Gasteiger charge is 2.46. The fourth-order valence-corrected chi connectivity index (χ4v) is 12.0. The summed E-state index contributed by atoms with van der Waals surface area (Å²) in [5.74, 6) is -0.415. The summed E-state index contributed by atoms with van der Waals surface area (Å²) in [5, 5.41) is 15.2. The molecule has 0 bridgehead atoms. The second kappa shape index (κ2) is 20.0. The molecule has 1 saturated carbocycles. The molecule has 3 amide bonds. The predicted octanol–water partition coefficient (Wildman–Crippen LogP) is 6.47. The number of methoxy groups -OCH3 is 1. The minimum Gasteiger partial charge on any atom is -0.468 e. The molecule has 3 aromatic carbocycles. The topological polar surface area (TPSA) is 166 Å². The Morgan fingerprint density at radius 3 is 2.42 bits per heavy atom. The van der Waals surface area contributed by atoms with Crippen molar-refractivity contribution in [1.29, 1.82) is 0 Å². The van der Waals surface area contributed by atoms with Crippen molar-refractivity contribution < 1.29 is 42.5 Å². The SMILES string of the molecule is CCc1c(F)ccc2cc(OCOC)cc(-c3ncc4c(N5CCC[C@@](C)(O)C5)nc(OCC5(CN6CCC(CN7CCN(c8ccc9c(c8)CN([C@H]8CCC(=O)NC8=O)C9=O)CC7)CC6)CC5)nc4c3F)c12. The van der Waals surface area contributed by atoms with Crippen molar-refractivity contribution in [2.75, 3.05) is 95.8 Å². The lowest BCUT2D eigenvalue weighted by molar-refractivity contribution is -0.136. The van der Waals surface area contributed by atoms with Crippen LogP contribution in [0.5, 0.6) is 11.8 Å². The quantitative estimate of drug-likeness (QED) is 0.0866. The summed E-state index contributed by atoms with van der Waals surface area (Å²) in [6, 6.07) is 12.0. The summed E-state index contributed by atoms with van der Waals surface area (Å²) in [6.45, 7) is 13.0. The van der Waals surface area contributed by atoms with Crippen LogP contribution in [0.15, 0.2) is 48.7 Å². The van der Waals surface area contributed by atoms with Crippen LogP contribution in [0, 0.1) is 23.0 Å². The third-order valence-corrected chi connectivity index (χ3v) is 16.2. The minimum absolute atomic E-state index is 0.00338. The number of aromatic nitrogens is 3. The van der Waals surface area contributed by atoms with Gasteiger partial charge in [0.25, 0.3) is 5.91 Å². The van der Waals surface area contributed by atoms with E-state index in [4.69, 9.17) is 24.2 Å². The number of fused-ring (bicyclic) bond motifs is 3. The number of carbonyl (C=O) groups excluding carboxylic acids is 3. The maximum Gasteiger partial charge on any atom is 0.319 e. The molecule has 386 valence electrons. The van der Waals surface area contributed by atoms with E-state index >= 15 is 8.78 Å². The van der Waals surface area contributed by atoms with E-state index in [1.54, 1.807) is 36.2 Å². The van der Waals surface area contributed by atoms with Crippen LogP contribution in [0.3, 0.4) is 0 Å². The first-order valence-electron chi connectivity index (χ1n) is 26.1. The first kappa shape index (κ1) is 49.1. The normalized spacial score (nSPS) is 22.8. The van der Waals surface area contributed by atoms with E-state index in [2.05, 4.69) is 31.1 Å². The number of aliphatic hydroxyl groups is 1. The average Bonchev–Trinajstić information content (AvgIpc) is 4.08. The van der Waals surface area contributed by atoms with Crippen molar-refractivity contribution in [2.24, 2.45) is 11.3 Å². The van der Waals surface area contributed by atoms with Crippen molar-refractivity contribution in [3.8, 4) is 23.0 Å². The van der Waals surface area contributed by atoms with E-state index < -0.39 is 23.4 Å². The lowest BCUT2D eigenvalue weighted by Gasteiger charge is -2.40. The van der Waals surface area contributed by atoms with Gasteiger partial charge in [-0.2, -0.15) is 9.97 Å². The Hall–Kier alpha value is -6.08. The minimum atomic E-state index is -0.966. The number of benzene rings is 3. The molecule has 11 rings (SSSR count). The number of nitrogens with one attached hydrogen (secondary N) is 1. The fraction of sp³-hybridized carbons (Fsp3) is 0.527. The largest absolute Gasteiger partial charge is 0.468 e. The fourth-order valence-electron chi connectivity index (χ4n) is 12.0. The van der Waals surface area contributed by atoms with Crippen LogP contribution in [-0.2, 0) is 27.3 Å². The van der Waals surface area contributed by atoms with E-state index in [1.165, 1.54) is 13.2 Å². The van der Waals surface area contributed by atoms with Crippen LogP contribution in [0.2, 0.25) is 0 Å². The molecule has 7 heterocycles. The molecule has 5 aromatic rings. The standard InChI is InChI=1S/C55H65F2N9O7/c1-4-39-43(56)9-6-35-25-38(73-33-71-3)26-41(46(35)39)48-47(57)49-42(27-58-48)50(65-17-5-14-54(2,70)30-65)61-53(60-49)72-32-55(15-16-55)31-63-18-12-34(13-19-63)28-62-20-22-64(23-21-62)37-7-8-40-36(24-37)29-66(52(40)69)44-10-11-45(67)59-51(44)68/h6-9,24-27,34,44,70H,4-5,10-23,28-33H2,1-3H3,(H,59,67,68)/t44-,54+/m0/s1. The van der Waals surface area contributed by atoms with E-state index in [9.17, 15) is 19.5 Å². The van der Waals surface area contributed by atoms with E-state index in [0.29, 0.717) is 95.8 Å². The van der Waals surface area contributed by atoms with Crippen LogP contribution in [-0.4, -0.2) is 150 Å². The number of halogens is 2. The zero-order valence-corrected chi connectivity index (χ0v) is 42.1. The number of aryl methyl sites for hydroxylation is 1. The molecule has 2 aromatic heterocycles. The van der Waals surface area contributed by atoms with Gasteiger partial charge < -0.3 is 38.9 Å². The smallest absolute Gasteiger partial charge is 0.319 e. The number of β-amino-alcohol motifs (C(OH)–C–C–N with tert-alkyl or cyclic N) is 1. The van der Waals surface area contributed by atoms with Gasteiger partial charge >= 0.3 is 6.01 Å². The summed E-state index contributed by atoms with van der Waals surface area (Å²) >= 11 is 0. The molecule has 1 aliphatic carbocycles. The third kappa shape index (κ3) is 10.0. The van der Waals surface area contributed by atoms with Gasteiger partial charge in [-0.1, -0.05) is 13.0 Å². The molecule has 6 aliphatic rings. The Morgan fingerprint density at radius 1 is 0.877 bits per heavy atom. The summed E-state index contributed by atoms with van der Waals surface area (Å²) in [7, 11) is 1.52. The number of pyridine rings is 1. The number of nitrogens with zero attached hydrogens (tertiary/aromatic N) is 8. The van der Waals surface area contributed by atoms with Crippen LogP contribution in [0.1, 0.15) is 86.7 Å². The van der Waals surface area contributed by atoms with E-state index in [-0.39, 0.29) is 53.5 Å². The van der Waals surface area contributed by atoms with Gasteiger partial charge in [-0.15, -0.1) is 0 Å². The molecule has 2 atom stereocenters. The Bertz CT molecular complexity index is 2950. The van der Waals surface area contributed by atoms with Gasteiger partial charge in [-0.05, 0) is 136 Å². The van der Waals surface area contributed by atoms with Gasteiger partial charge in [0.1, 0.15) is 34.6 Å². The summed E-state index contributed by atoms with van der Waals surface area (Å²) < 4.78 is 50.3. The monoisotopic (exact) mass is 1000 g/mol. The van der Waals surface area contributed by atoms with Crippen LogP contribution in [0.25, 0.3) is 32.9 Å². The summed E-state index contributed by atoms with van der Waals surface area (Å²) in [4.78, 5) is 62.9. The Kier molecular flexibility index (Phi) is 13.5. The van der Waals surface area contributed by atoms with Gasteiger partial charge in [0.05, 0.1) is 17.6 Å². The number of hydrogen-bond donors (Lipinski definition) is 2. The Balaban J connectivity index is 0.735. The number of piperidine rings is 3. The summed E-state index contributed by atoms with van der Waals surface area (Å²) in [6.07, 6.45) is 8.16. The van der Waals surface area contributed by atoms with Crippen molar-refractivity contribution in [1.82, 2.24) is 35.0 Å². The molecule has 0 unspecified atom stereocenters. The van der Waals surface area contributed by atoms with Gasteiger partial charge in [0, 0.05) is 101 Å². The van der Waals surface area contributed by atoms with Gasteiger partial charge in [0.2, 0.25) is 11.8 Å². The molecule has 73 heavy (non-hydrogen) atoms. The molecule has 16 nitrogen and oxygen atoms in total. The predicted molar refractivity (Wildman–Crippen MR) is 272 cm³/mol. The molecular formula is C55H65F2N9O7. The first-order chi connectivity index (χ1) is 35.3. The number of imide groups is 1. The number of likely N-dealkylation sites (tertiary alicyclic amines) is 1. The lowest BCUT2D eigenvalue weighted by Crippen LogP contribution is -2.52. The van der Waals surface area contributed by atoms with E-state index in [0.717, 1.165) is 95.7 Å². The number of amides is 3. The molecule has 18 heteroatoms. The zero-order chi connectivity index (χ0) is 50.6. The van der Waals surface area contributed by atoms with Crippen molar-refractivity contribution in [3.05, 3.63) is 77.0 Å². The zero-order valence-electron chi connectivity index (χ0n) is 42.1. The highest BCUT2D eigenvalue weighted by atomic mass is 19.1. The first-order valence-corrected chi connectivity index (χ1v) is 26.1. The maximum atomic E-state index is 17.4. The van der Waals surface area contributed by atoms with Gasteiger partial charge in [0.15, 0.2) is 12.6 Å². The highest BCUT2D eigenvalue weighted by molar-refractivity contribution is 6.06. The van der Waals surface area contributed by atoms with Crippen molar-refractivity contribution in [3.63, 3.8) is 0 Å². The van der Waals surface area contributed by atoms with Crippen LogP contribution < -0.4 is 24.6 Å². The van der Waals surface area contributed by atoms with Gasteiger partial charge in [-0.3, -0.25) is 29.6 Å². The van der Waals surface area contributed by atoms with Crippen molar-refractivity contribution >= 4 is 50.9 Å². The van der Waals surface area contributed by atoms with Crippen LogP contribution >= 0.6 is 0 Å². The second-order valence-corrected chi connectivity index (χ2v) is 21.6. The molecule has 0 spiro atoms. The Labute approximate surface area is 424 Å². The molecule has 0 radical (unpaired) electrons. The molecular weight excluding hydrogens is 937 g/mol. The number of ether oxygens (including phenoxy) is 3. The number of piperazine rings is 1. The third-order valence-electron chi connectivity index (χ3n) is 16.2. The molecule has 5 fully saturated rings. The second-order valence-electron chi connectivity index (χ2n) is 21.6. The molecule has 5 aliphatic heterocycles. The molecule has 4 saturated heterocycles. The highest BCUT2D eigenvalue weighted by Crippen LogP contribution is 2.47. The van der Waals surface area contributed by atoms with Gasteiger partial charge in [-0.25, -0.2) is 8.78 Å².